The Hall–Kier alpha value is -1.15. The number of isocyanates is 1. The number of hydrogen-bond acceptors (Lipinski definition) is 3. The maximum atomic E-state index is 10.7. The van der Waals surface area contributed by atoms with Gasteiger partial charge >= 0.3 is 0 Å². The van der Waals surface area contributed by atoms with Gasteiger partial charge in [-0.2, -0.15) is 0 Å². The summed E-state index contributed by atoms with van der Waals surface area (Å²) in [7, 11) is 0. The Balaban J connectivity index is 4.00. The maximum absolute atomic E-state index is 10.7. The van der Waals surface area contributed by atoms with Crippen LogP contribution in [0.2, 0.25) is 0 Å². The molecule has 2 N–H and O–H groups in total. The van der Waals surface area contributed by atoms with Gasteiger partial charge in [0.2, 0.25) is 12.0 Å². The van der Waals surface area contributed by atoms with Gasteiger partial charge in [-0.1, -0.05) is 20.8 Å². The smallest absolute Gasteiger partial charge is 0.234 e. The van der Waals surface area contributed by atoms with Crippen molar-refractivity contribution in [2.75, 3.05) is 6.54 Å². The number of carbonyl (C=O) groups is 1. The summed E-state index contributed by atoms with van der Waals surface area (Å²) in [5, 5.41) is 0. The highest BCUT2D eigenvalue weighted by atomic mass is 16.1. The number of nitrogens with zero attached hydrogens (tertiary/aromatic N) is 1. The first-order chi connectivity index (χ1) is 6.87. The first-order valence-electron chi connectivity index (χ1n) is 5.19. The summed E-state index contributed by atoms with van der Waals surface area (Å²) in [4.78, 5) is 24.1. The van der Waals surface area contributed by atoms with Crippen molar-refractivity contribution in [3.8, 4) is 0 Å². The van der Waals surface area contributed by atoms with Crippen LogP contribution in [0.25, 0.3) is 0 Å². The molecule has 0 saturated heterocycles. The second kappa shape index (κ2) is 6.36. The molecule has 1 amide bonds. The van der Waals surface area contributed by atoms with Crippen molar-refractivity contribution in [3.05, 3.63) is 0 Å². The molecule has 0 aliphatic rings. The van der Waals surface area contributed by atoms with Crippen molar-refractivity contribution in [2.24, 2.45) is 22.1 Å². The normalized spacial score (nSPS) is 13.0. The molecule has 0 aromatic carbocycles. The molecule has 1 unspecified atom stereocenters. The minimum absolute atomic E-state index is 0.0786. The molecule has 0 aliphatic carbocycles. The molecular weight excluding hydrogens is 192 g/mol. The number of rotatable bonds is 7. The van der Waals surface area contributed by atoms with Crippen LogP contribution in [0, 0.1) is 11.3 Å². The van der Waals surface area contributed by atoms with Gasteiger partial charge in [-0.3, -0.25) is 4.79 Å². The molecule has 0 spiro atoms. The molecule has 0 rings (SSSR count). The second-order valence-electron chi connectivity index (χ2n) is 4.87. The molecule has 0 aliphatic heterocycles. The first kappa shape index (κ1) is 13.8. The molecule has 0 radical (unpaired) electrons. The molecule has 4 heteroatoms. The highest BCUT2D eigenvalue weighted by molar-refractivity contribution is 5.73. The van der Waals surface area contributed by atoms with E-state index in [-0.39, 0.29) is 17.2 Å². The Bertz CT molecular complexity index is 255. The van der Waals surface area contributed by atoms with Crippen molar-refractivity contribution in [3.63, 3.8) is 0 Å². The van der Waals surface area contributed by atoms with E-state index in [0.717, 1.165) is 12.8 Å². The van der Waals surface area contributed by atoms with Gasteiger partial charge < -0.3 is 5.73 Å². The Kier molecular flexibility index (Phi) is 5.87. The second-order valence-corrected chi connectivity index (χ2v) is 4.87. The van der Waals surface area contributed by atoms with Crippen molar-refractivity contribution < 1.29 is 9.59 Å². The number of primary amides is 1. The zero-order chi connectivity index (χ0) is 11.9. The van der Waals surface area contributed by atoms with Gasteiger partial charge in [0.1, 0.15) is 0 Å². The van der Waals surface area contributed by atoms with Gasteiger partial charge in [0.15, 0.2) is 0 Å². The van der Waals surface area contributed by atoms with Crippen LogP contribution in [0.4, 0.5) is 0 Å². The fourth-order valence-electron chi connectivity index (χ4n) is 1.87. The van der Waals surface area contributed by atoms with Crippen LogP contribution in [0.1, 0.15) is 40.0 Å². The molecule has 15 heavy (non-hydrogen) atoms. The SMILES string of the molecule is CC(CC(N)=O)CC(C)(C)CCN=C=O. The molecule has 0 bridgehead atoms. The van der Waals surface area contributed by atoms with Gasteiger partial charge in [-0.05, 0) is 24.2 Å². The van der Waals surface area contributed by atoms with Gasteiger partial charge in [0.25, 0.3) is 0 Å². The van der Waals surface area contributed by atoms with Crippen molar-refractivity contribution in [1.29, 1.82) is 0 Å². The van der Waals surface area contributed by atoms with E-state index in [1.807, 2.05) is 6.92 Å². The summed E-state index contributed by atoms with van der Waals surface area (Å²) in [6.07, 6.45) is 3.68. The lowest BCUT2D eigenvalue weighted by molar-refractivity contribution is -0.118. The third-order valence-corrected chi connectivity index (χ3v) is 2.42. The molecule has 86 valence electrons. The molecule has 4 nitrogen and oxygen atoms in total. The van der Waals surface area contributed by atoms with Gasteiger partial charge in [0.05, 0.1) is 6.54 Å². The molecule has 0 fully saturated rings. The van der Waals surface area contributed by atoms with Crippen LogP contribution in [-0.2, 0) is 9.59 Å². The highest BCUT2D eigenvalue weighted by Crippen LogP contribution is 2.30. The molecule has 0 aromatic rings. The van der Waals surface area contributed by atoms with E-state index in [1.165, 1.54) is 6.08 Å². The minimum atomic E-state index is -0.260. The monoisotopic (exact) mass is 212 g/mol. The van der Waals surface area contributed by atoms with Crippen molar-refractivity contribution in [1.82, 2.24) is 0 Å². The molecule has 0 saturated carbocycles. The summed E-state index contributed by atoms with van der Waals surface area (Å²) >= 11 is 0. The zero-order valence-corrected chi connectivity index (χ0v) is 9.75. The van der Waals surface area contributed by atoms with E-state index in [9.17, 15) is 9.59 Å². The van der Waals surface area contributed by atoms with E-state index in [1.54, 1.807) is 0 Å². The first-order valence-corrected chi connectivity index (χ1v) is 5.19. The van der Waals surface area contributed by atoms with Crippen LogP contribution < -0.4 is 5.73 Å². The molecular formula is C11H20N2O2. The predicted octanol–water partition coefficient (Wildman–Crippen LogP) is 1.64. The fraction of sp³-hybridized carbons (Fsp3) is 0.818. The third kappa shape index (κ3) is 7.89. The number of nitrogens with two attached hydrogens (primary N) is 1. The average molecular weight is 212 g/mol. The minimum Gasteiger partial charge on any atom is -0.370 e. The van der Waals surface area contributed by atoms with E-state index in [4.69, 9.17) is 5.73 Å². The molecule has 0 aromatic heterocycles. The Labute approximate surface area is 90.9 Å². The van der Waals surface area contributed by atoms with Gasteiger partial charge in [-0.25, -0.2) is 9.79 Å². The Morgan fingerprint density at radius 1 is 1.53 bits per heavy atom. The fourth-order valence-corrected chi connectivity index (χ4v) is 1.87. The number of hydrogen-bond donors (Lipinski definition) is 1. The van der Waals surface area contributed by atoms with Crippen LogP contribution in [0.5, 0.6) is 0 Å². The maximum Gasteiger partial charge on any atom is 0.234 e. The zero-order valence-electron chi connectivity index (χ0n) is 9.75. The lowest BCUT2D eigenvalue weighted by Crippen LogP contribution is -2.21. The average Bonchev–Trinajstić information content (AvgIpc) is 2.00. The quantitative estimate of drug-likeness (QED) is 0.514. The largest absolute Gasteiger partial charge is 0.370 e. The number of aliphatic imine (C=N–C) groups is 1. The van der Waals surface area contributed by atoms with Crippen molar-refractivity contribution in [2.45, 2.75) is 40.0 Å². The van der Waals surface area contributed by atoms with E-state index < -0.39 is 0 Å². The molecule has 1 atom stereocenters. The van der Waals surface area contributed by atoms with Crippen molar-refractivity contribution >= 4 is 12.0 Å². The Morgan fingerprint density at radius 2 is 2.13 bits per heavy atom. The van der Waals surface area contributed by atoms with Gasteiger partial charge in [0, 0.05) is 6.42 Å². The topological polar surface area (TPSA) is 72.5 Å². The third-order valence-electron chi connectivity index (χ3n) is 2.42. The lowest BCUT2D eigenvalue weighted by atomic mass is 9.79. The summed E-state index contributed by atoms with van der Waals surface area (Å²) < 4.78 is 0. The number of carbonyl (C=O) groups excluding carboxylic acids is 2. The van der Waals surface area contributed by atoms with E-state index in [2.05, 4.69) is 18.8 Å². The predicted molar refractivity (Wildman–Crippen MR) is 59.0 cm³/mol. The molecule has 0 heterocycles. The summed E-state index contributed by atoms with van der Waals surface area (Å²) in [6.45, 7) is 6.71. The van der Waals surface area contributed by atoms with Crippen LogP contribution in [0.3, 0.4) is 0 Å². The van der Waals surface area contributed by atoms with Crippen LogP contribution >= 0.6 is 0 Å². The number of amides is 1. The van der Waals surface area contributed by atoms with Crippen LogP contribution in [0.15, 0.2) is 4.99 Å². The Morgan fingerprint density at radius 3 is 2.60 bits per heavy atom. The lowest BCUT2D eigenvalue weighted by Gasteiger charge is -2.26. The summed E-state index contributed by atoms with van der Waals surface area (Å²) in [5.41, 5.74) is 5.20. The van der Waals surface area contributed by atoms with E-state index in [0.29, 0.717) is 13.0 Å². The summed E-state index contributed by atoms with van der Waals surface area (Å²) in [6, 6.07) is 0. The standard InChI is InChI=1S/C11H20N2O2/c1-9(6-10(12)15)7-11(2,3)4-5-13-8-14/h9H,4-7H2,1-3H3,(H2,12,15). The summed E-state index contributed by atoms with van der Waals surface area (Å²) in [5.74, 6) is 0.0157. The van der Waals surface area contributed by atoms with Gasteiger partial charge in [-0.15, -0.1) is 0 Å². The van der Waals surface area contributed by atoms with Crippen LogP contribution in [-0.4, -0.2) is 18.5 Å². The van der Waals surface area contributed by atoms with E-state index >= 15 is 0 Å². The highest BCUT2D eigenvalue weighted by Gasteiger charge is 2.21.